The topological polar surface area (TPSA) is 58.9 Å². The summed E-state index contributed by atoms with van der Waals surface area (Å²) in [6, 6.07) is 3.74. The fraction of sp³-hybridized carbons (Fsp3) is 0.429. The van der Waals surface area contributed by atoms with Crippen molar-refractivity contribution in [3.05, 3.63) is 38.4 Å². The van der Waals surface area contributed by atoms with Crippen LogP contribution in [0.25, 0.3) is 11.6 Å². The molecule has 5 heteroatoms. The van der Waals surface area contributed by atoms with E-state index in [4.69, 9.17) is 4.42 Å². The second kappa shape index (κ2) is 5.74. The maximum Gasteiger partial charge on any atom is 0.265 e. The van der Waals surface area contributed by atoms with Crippen LogP contribution in [0.2, 0.25) is 0 Å². The Morgan fingerprint density at radius 2 is 2.16 bits per heavy atom. The summed E-state index contributed by atoms with van der Waals surface area (Å²) in [5, 5.41) is 0. The van der Waals surface area contributed by atoms with E-state index in [0.717, 1.165) is 24.3 Å². The molecule has 0 aliphatic rings. The lowest BCUT2D eigenvalue weighted by molar-refractivity contribution is 0.524. The predicted molar refractivity (Wildman–Crippen MR) is 78.2 cm³/mol. The average molecular weight is 325 g/mol. The summed E-state index contributed by atoms with van der Waals surface area (Å²) in [7, 11) is 0. The highest BCUT2D eigenvalue weighted by atomic mass is 79.9. The summed E-state index contributed by atoms with van der Waals surface area (Å²) >= 11 is 3.30. The number of aromatic nitrogens is 2. The largest absolute Gasteiger partial charge is 0.458 e. The van der Waals surface area contributed by atoms with Crippen molar-refractivity contribution in [3.63, 3.8) is 0 Å². The van der Waals surface area contributed by atoms with Crippen molar-refractivity contribution in [2.75, 3.05) is 0 Å². The van der Waals surface area contributed by atoms with Crippen LogP contribution in [0.5, 0.6) is 0 Å². The van der Waals surface area contributed by atoms with Crippen molar-refractivity contribution in [2.24, 2.45) is 5.92 Å². The van der Waals surface area contributed by atoms with E-state index < -0.39 is 0 Å². The molecule has 0 amide bonds. The number of furan rings is 1. The molecule has 0 saturated carbocycles. The number of aryl methyl sites for hydroxylation is 1. The minimum Gasteiger partial charge on any atom is -0.458 e. The van der Waals surface area contributed by atoms with Crippen molar-refractivity contribution < 1.29 is 4.42 Å². The first-order valence-corrected chi connectivity index (χ1v) is 7.18. The molecular weight excluding hydrogens is 308 g/mol. The monoisotopic (exact) mass is 324 g/mol. The van der Waals surface area contributed by atoms with Gasteiger partial charge in [-0.25, -0.2) is 4.98 Å². The molecule has 0 fully saturated rings. The molecule has 0 aromatic carbocycles. The van der Waals surface area contributed by atoms with Gasteiger partial charge >= 0.3 is 0 Å². The van der Waals surface area contributed by atoms with Crippen LogP contribution in [0.1, 0.15) is 32.2 Å². The molecule has 0 aliphatic carbocycles. The molecule has 0 aliphatic heterocycles. The Morgan fingerprint density at radius 1 is 1.42 bits per heavy atom. The lowest BCUT2D eigenvalue weighted by atomic mass is 10.1. The summed E-state index contributed by atoms with van der Waals surface area (Å²) in [5.74, 6) is 2.40. The molecule has 2 aromatic heterocycles. The second-order valence-corrected chi connectivity index (χ2v) is 5.69. The van der Waals surface area contributed by atoms with Crippen LogP contribution in [-0.2, 0) is 12.8 Å². The minimum atomic E-state index is -0.171. The van der Waals surface area contributed by atoms with Crippen molar-refractivity contribution in [2.45, 2.75) is 33.6 Å². The van der Waals surface area contributed by atoms with Gasteiger partial charge < -0.3 is 9.40 Å². The Kier molecular flexibility index (Phi) is 4.24. The Hall–Kier alpha value is -1.36. The zero-order valence-corrected chi connectivity index (χ0v) is 12.9. The van der Waals surface area contributed by atoms with E-state index in [9.17, 15) is 4.79 Å². The first-order valence-electron chi connectivity index (χ1n) is 6.39. The van der Waals surface area contributed by atoms with Crippen LogP contribution < -0.4 is 5.56 Å². The standard InChI is InChI=1S/C14H17BrN2O2/c1-4-9-5-6-11(19-9)13-16-10(7-8(2)3)12(15)14(18)17-13/h5-6,8H,4,7H2,1-3H3,(H,16,17,18). The van der Waals surface area contributed by atoms with Gasteiger partial charge in [0.1, 0.15) is 10.2 Å². The Bertz CT molecular complexity index is 629. The zero-order valence-electron chi connectivity index (χ0n) is 11.3. The van der Waals surface area contributed by atoms with E-state index in [0.29, 0.717) is 22.0 Å². The molecule has 19 heavy (non-hydrogen) atoms. The molecule has 0 bridgehead atoms. The van der Waals surface area contributed by atoms with Gasteiger partial charge in [-0.2, -0.15) is 0 Å². The number of hydrogen-bond donors (Lipinski definition) is 1. The third-order valence-corrected chi connectivity index (χ3v) is 3.59. The number of hydrogen-bond acceptors (Lipinski definition) is 3. The molecule has 102 valence electrons. The summed E-state index contributed by atoms with van der Waals surface area (Å²) in [6.45, 7) is 6.21. The van der Waals surface area contributed by atoms with Crippen LogP contribution in [-0.4, -0.2) is 9.97 Å². The first-order chi connectivity index (χ1) is 9.01. The molecule has 0 saturated heterocycles. The van der Waals surface area contributed by atoms with Gasteiger partial charge in [-0.1, -0.05) is 20.8 Å². The maximum absolute atomic E-state index is 11.9. The smallest absolute Gasteiger partial charge is 0.265 e. The average Bonchev–Trinajstić information content (AvgIpc) is 2.82. The third kappa shape index (κ3) is 3.15. The van der Waals surface area contributed by atoms with Crippen molar-refractivity contribution in [1.29, 1.82) is 0 Å². The first kappa shape index (κ1) is 14.1. The van der Waals surface area contributed by atoms with E-state index in [1.807, 2.05) is 19.1 Å². The molecule has 0 spiro atoms. The van der Waals surface area contributed by atoms with Gasteiger partial charge in [-0.05, 0) is 40.4 Å². The minimum absolute atomic E-state index is 0.171. The number of nitrogens with zero attached hydrogens (tertiary/aromatic N) is 1. The third-order valence-electron chi connectivity index (χ3n) is 2.78. The van der Waals surface area contributed by atoms with E-state index in [1.54, 1.807) is 0 Å². The van der Waals surface area contributed by atoms with Crippen molar-refractivity contribution in [1.82, 2.24) is 9.97 Å². The highest BCUT2D eigenvalue weighted by molar-refractivity contribution is 9.10. The number of rotatable bonds is 4. The zero-order chi connectivity index (χ0) is 14.0. The number of nitrogens with one attached hydrogen (secondary N) is 1. The quantitative estimate of drug-likeness (QED) is 0.935. The molecular formula is C14H17BrN2O2. The van der Waals surface area contributed by atoms with Gasteiger partial charge in [-0.3, -0.25) is 4.79 Å². The molecule has 1 N–H and O–H groups in total. The molecule has 2 rings (SSSR count). The Morgan fingerprint density at radius 3 is 2.74 bits per heavy atom. The van der Waals surface area contributed by atoms with Crippen LogP contribution in [0.3, 0.4) is 0 Å². The summed E-state index contributed by atoms with van der Waals surface area (Å²) < 4.78 is 6.13. The van der Waals surface area contributed by atoms with Gasteiger partial charge in [-0.15, -0.1) is 0 Å². The summed E-state index contributed by atoms with van der Waals surface area (Å²) in [6.07, 6.45) is 1.57. The second-order valence-electron chi connectivity index (χ2n) is 4.89. The lowest BCUT2D eigenvalue weighted by Crippen LogP contribution is -2.14. The fourth-order valence-electron chi connectivity index (χ4n) is 1.84. The van der Waals surface area contributed by atoms with Crippen LogP contribution >= 0.6 is 15.9 Å². The number of H-pyrrole nitrogens is 1. The van der Waals surface area contributed by atoms with Crippen molar-refractivity contribution >= 4 is 15.9 Å². The molecule has 2 heterocycles. The van der Waals surface area contributed by atoms with Gasteiger partial charge in [0.05, 0.1) is 5.69 Å². The molecule has 4 nitrogen and oxygen atoms in total. The van der Waals surface area contributed by atoms with E-state index in [1.165, 1.54) is 0 Å². The SMILES string of the molecule is CCc1ccc(-c2nc(CC(C)C)c(Br)c(=O)[nH]2)o1. The molecule has 0 atom stereocenters. The van der Waals surface area contributed by atoms with E-state index >= 15 is 0 Å². The van der Waals surface area contributed by atoms with Gasteiger partial charge in [0.2, 0.25) is 0 Å². The van der Waals surface area contributed by atoms with Crippen LogP contribution in [0.4, 0.5) is 0 Å². The highest BCUT2D eigenvalue weighted by Gasteiger charge is 2.13. The predicted octanol–water partition coefficient (Wildman–Crippen LogP) is 3.55. The Balaban J connectivity index is 2.46. The van der Waals surface area contributed by atoms with Crippen LogP contribution in [0, 0.1) is 5.92 Å². The molecule has 2 aromatic rings. The summed E-state index contributed by atoms with van der Waals surface area (Å²) in [4.78, 5) is 19.1. The van der Waals surface area contributed by atoms with Gasteiger partial charge in [0.15, 0.2) is 11.6 Å². The van der Waals surface area contributed by atoms with Crippen LogP contribution in [0.15, 0.2) is 25.8 Å². The molecule has 0 unspecified atom stereocenters. The van der Waals surface area contributed by atoms with Gasteiger partial charge in [0, 0.05) is 6.42 Å². The van der Waals surface area contributed by atoms with Crippen molar-refractivity contribution in [3.8, 4) is 11.6 Å². The lowest BCUT2D eigenvalue weighted by Gasteiger charge is -2.07. The number of halogens is 1. The fourth-order valence-corrected chi connectivity index (χ4v) is 2.19. The number of aromatic amines is 1. The van der Waals surface area contributed by atoms with E-state index in [-0.39, 0.29) is 5.56 Å². The van der Waals surface area contributed by atoms with Gasteiger partial charge in [0.25, 0.3) is 5.56 Å². The molecule has 0 radical (unpaired) electrons. The highest BCUT2D eigenvalue weighted by Crippen LogP contribution is 2.21. The Labute approximate surface area is 120 Å². The normalized spacial score (nSPS) is 11.2. The summed E-state index contributed by atoms with van der Waals surface area (Å²) in [5.41, 5.74) is 0.596. The van der Waals surface area contributed by atoms with E-state index in [2.05, 4.69) is 39.7 Å². The maximum atomic E-state index is 11.9.